The molecule has 14 heavy (non-hydrogen) atoms. The van der Waals surface area contributed by atoms with E-state index in [1.807, 2.05) is 35.0 Å². The van der Waals surface area contributed by atoms with Gasteiger partial charge >= 0.3 is 0 Å². The van der Waals surface area contributed by atoms with Crippen LogP contribution in [0.5, 0.6) is 0 Å². The summed E-state index contributed by atoms with van der Waals surface area (Å²) in [5.41, 5.74) is 0. The predicted molar refractivity (Wildman–Crippen MR) is 58.6 cm³/mol. The number of rotatable bonds is 3. The maximum absolute atomic E-state index is 9.82. The van der Waals surface area contributed by atoms with Gasteiger partial charge in [-0.25, -0.2) is 0 Å². The predicted octanol–water partition coefficient (Wildman–Crippen LogP) is 2.58. The summed E-state index contributed by atoms with van der Waals surface area (Å²) >= 11 is 2.90. The Hall–Kier alpha value is -0.680. The highest BCUT2D eigenvalue weighted by molar-refractivity contribution is 7.10. The maximum atomic E-state index is 9.82. The van der Waals surface area contributed by atoms with Gasteiger partial charge in [0, 0.05) is 9.75 Å². The Morgan fingerprint density at radius 2 is 1.29 bits per heavy atom. The van der Waals surface area contributed by atoms with Crippen molar-refractivity contribution in [2.45, 2.75) is 12.2 Å². The van der Waals surface area contributed by atoms with Gasteiger partial charge < -0.3 is 10.2 Å². The average Bonchev–Trinajstić information content (AvgIpc) is 2.87. The molecule has 0 saturated carbocycles. The van der Waals surface area contributed by atoms with Gasteiger partial charge in [-0.3, -0.25) is 0 Å². The van der Waals surface area contributed by atoms with Crippen LogP contribution in [0.15, 0.2) is 35.0 Å². The van der Waals surface area contributed by atoms with E-state index in [1.54, 1.807) is 0 Å². The fourth-order valence-electron chi connectivity index (χ4n) is 1.23. The van der Waals surface area contributed by atoms with Crippen LogP contribution in [0.4, 0.5) is 0 Å². The largest absolute Gasteiger partial charge is 0.384 e. The molecule has 2 rings (SSSR count). The second kappa shape index (κ2) is 4.23. The summed E-state index contributed by atoms with van der Waals surface area (Å²) in [5, 5.41) is 23.4. The van der Waals surface area contributed by atoms with Crippen LogP contribution in [0.3, 0.4) is 0 Å². The summed E-state index contributed by atoms with van der Waals surface area (Å²) in [6.45, 7) is 0. The Bertz CT molecular complexity index is 328. The minimum atomic E-state index is -0.811. The Labute approximate surface area is 90.1 Å². The molecular formula is C10H10O2S2. The Morgan fingerprint density at radius 3 is 1.57 bits per heavy atom. The van der Waals surface area contributed by atoms with Crippen molar-refractivity contribution in [2.24, 2.45) is 0 Å². The van der Waals surface area contributed by atoms with Crippen LogP contribution in [0.1, 0.15) is 22.0 Å². The molecule has 0 radical (unpaired) electrons. The monoisotopic (exact) mass is 226 g/mol. The lowest BCUT2D eigenvalue weighted by atomic mass is 10.1. The van der Waals surface area contributed by atoms with Crippen molar-refractivity contribution in [3.8, 4) is 0 Å². The molecule has 2 atom stereocenters. The molecule has 2 aromatic rings. The highest BCUT2D eigenvalue weighted by Crippen LogP contribution is 2.33. The second-order valence-corrected chi connectivity index (χ2v) is 4.88. The zero-order chi connectivity index (χ0) is 9.97. The Morgan fingerprint density at radius 1 is 0.857 bits per heavy atom. The van der Waals surface area contributed by atoms with Gasteiger partial charge in [0.05, 0.1) is 0 Å². The van der Waals surface area contributed by atoms with Crippen LogP contribution in [0.2, 0.25) is 0 Å². The number of hydrogen-bond acceptors (Lipinski definition) is 4. The number of thiophene rings is 2. The van der Waals surface area contributed by atoms with Crippen LogP contribution < -0.4 is 0 Å². The van der Waals surface area contributed by atoms with Crippen LogP contribution in [0.25, 0.3) is 0 Å². The standard InChI is InChI=1S/C10H10O2S2/c11-9(7-3-1-5-13-7)10(12)8-4-2-6-14-8/h1-6,9-12H/t9-,10+. The fourth-order valence-corrected chi connectivity index (χ4v) is 2.71. The first-order chi connectivity index (χ1) is 6.79. The highest BCUT2D eigenvalue weighted by atomic mass is 32.1. The van der Waals surface area contributed by atoms with Gasteiger partial charge in [-0.15, -0.1) is 22.7 Å². The van der Waals surface area contributed by atoms with Crippen molar-refractivity contribution in [1.29, 1.82) is 0 Å². The third kappa shape index (κ3) is 1.88. The van der Waals surface area contributed by atoms with Crippen molar-refractivity contribution >= 4 is 22.7 Å². The topological polar surface area (TPSA) is 40.5 Å². The van der Waals surface area contributed by atoms with E-state index in [1.165, 1.54) is 22.7 Å². The molecule has 0 fully saturated rings. The molecule has 0 aliphatic heterocycles. The summed E-state index contributed by atoms with van der Waals surface area (Å²) in [6.07, 6.45) is -1.62. The van der Waals surface area contributed by atoms with Crippen LogP contribution >= 0.6 is 22.7 Å². The summed E-state index contributed by atoms with van der Waals surface area (Å²) < 4.78 is 0. The molecule has 0 aliphatic carbocycles. The maximum Gasteiger partial charge on any atom is 0.119 e. The summed E-state index contributed by atoms with van der Waals surface area (Å²) in [6, 6.07) is 7.38. The van der Waals surface area contributed by atoms with Crippen molar-refractivity contribution in [1.82, 2.24) is 0 Å². The molecular weight excluding hydrogens is 216 g/mol. The van der Waals surface area contributed by atoms with E-state index in [2.05, 4.69) is 0 Å². The van der Waals surface area contributed by atoms with E-state index in [0.717, 1.165) is 9.75 Å². The van der Waals surface area contributed by atoms with Gasteiger partial charge in [-0.05, 0) is 22.9 Å². The molecule has 74 valence electrons. The molecule has 2 aromatic heterocycles. The van der Waals surface area contributed by atoms with E-state index in [9.17, 15) is 10.2 Å². The molecule has 0 saturated heterocycles. The van der Waals surface area contributed by atoms with Crippen molar-refractivity contribution in [2.75, 3.05) is 0 Å². The van der Waals surface area contributed by atoms with E-state index in [4.69, 9.17) is 0 Å². The van der Waals surface area contributed by atoms with Crippen LogP contribution in [-0.4, -0.2) is 10.2 Å². The number of hydrogen-bond donors (Lipinski definition) is 2. The van der Waals surface area contributed by atoms with E-state index < -0.39 is 12.2 Å². The second-order valence-electron chi connectivity index (χ2n) is 2.92. The smallest absolute Gasteiger partial charge is 0.119 e. The third-order valence-electron chi connectivity index (χ3n) is 1.97. The summed E-state index contributed by atoms with van der Waals surface area (Å²) in [5.74, 6) is 0. The van der Waals surface area contributed by atoms with Crippen molar-refractivity contribution < 1.29 is 10.2 Å². The molecule has 2 heterocycles. The molecule has 0 bridgehead atoms. The van der Waals surface area contributed by atoms with Gasteiger partial charge in [-0.2, -0.15) is 0 Å². The van der Waals surface area contributed by atoms with Crippen LogP contribution in [-0.2, 0) is 0 Å². The fraction of sp³-hybridized carbons (Fsp3) is 0.200. The zero-order valence-electron chi connectivity index (χ0n) is 7.33. The van der Waals surface area contributed by atoms with E-state index >= 15 is 0 Å². The number of aliphatic hydroxyl groups is 2. The van der Waals surface area contributed by atoms with Gasteiger partial charge in [-0.1, -0.05) is 12.1 Å². The first kappa shape index (κ1) is 9.86. The van der Waals surface area contributed by atoms with Crippen molar-refractivity contribution in [3.63, 3.8) is 0 Å². The summed E-state index contributed by atoms with van der Waals surface area (Å²) in [4.78, 5) is 1.59. The molecule has 2 nitrogen and oxygen atoms in total. The first-order valence-electron chi connectivity index (χ1n) is 4.22. The Kier molecular flexibility index (Phi) is 2.98. The molecule has 4 heteroatoms. The summed E-state index contributed by atoms with van der Waals surface area (Å²) in [7, 11) is 0. The molecule has 0 spiro atoms. The lowest BCUT2D eigenvalue weighted by Gasteiger charge is -2.14. The van der Waals surface area contributed by atoms with Gasteiger partial charge in [0.25, 0.3) is 0 Å². The molecule has 0 amide bonds. The van der Waals surface area contributed by atoms with E-state index in [0.29, 0.717) is 0 Å². The highest BCUT2D eigenvalue weighted by Gasteiger charge is 2.21. The molecule has 0 unspecified atom stereocenters. The first-order valence-corrected chi connectivity index (χ1v) is 5.98. The van der Waals surface area contributed by atoms with Gasteiger partial charge in [0.1, 0.15) is 12.2 Å². The lowest BCUT2D eigenvalue weighted by Crippen LogP contribution is -2.07. The minimum absolute atomic E-state index is 0.797. The minimum Gasteiger partial charge on any atom is -0.384 e. The van der Waals surface area contributed by atoms with Crippen LogP contribution in [0, 0.1) is 0 Å². The normalized spacial score (nSPS) is 15.3. The van der Waals surface area contributed by atoms with Gasteiger partial charge in [0.15, 0.2) is 0 Å². The average molecular weight is 226 g/mol. The number of aliphatic hydroxyl groups excluding tert-OH is 2. The molecule has 0 aliphatic rings. The van der Waals surface area contributed by atoms with Gasteiger partial charge in [0.2, 0.25) is 0 Å². The third-order valence-corrected chi connectivity index (χ3v) is 3.85. The quantitative estimate of drug-likeness (QED) is 0.844. The van der Waals surface area contributed by atoms with Crippen molar-refractivity contribution in [3.05, 3.63) is 44.8 Å². The molecule has 2 N–H and O–H groups in total. The SMILES string of the molecule is O[C@H](c1cccs1)[C@@H](O)c1cccs1. The van der Waals surface area contributed by atoms with E-state index in [-0.39, 0.29) is 0 Å². The molecule has 0 aromatic carbocycles. The Balaban J connectivity index is 2.16. The zero-order valence-corrected chi connectivity index (χ0v) is 8.96. The lowest BCUT2D eigenvalue weighted by molar-refractivity contribution is 0.0217.